The molecule has 0 saturated carbocycles. The molecule has 0 bridgehead atoms. The van der Waals surface area contributed by atoms with E-state index in [1.165, 1.54) is 10.5 Å². The SMILES string of the molecule is O=C(C(O)c1ccccc1)N1CC=C(c2cccs2)CC1. The van der Waals surface area contributed by atoms with Crippen LogP contribution in [0.4, 0.5) is 0 Å². The number of amides is 1. The topological polar surface area (TPSA) is 40.5 Å². The quantitative estimate of drug-likeness (QED) is 0.946. The second-order valence-electron chi connectivity index (χ2n) is 5.05. The summed E-state index contributed by atoms with van der Waals surface area (Å²) in [7, 11) is 0. The summed E-state index contributed by atoms with van der Waals surface area (Å²) in [5.74, 6) is -0.220. The molecule has 1 aromatic carbocycles. The van der Waals surface area contributed by atoms with Crippen molar-refractivity contribution in [2.45, 2.75) is 12.5 Å². The molecule has 21 heavy (non-hydrogen) atoms. The molecule has 2 heterocycles. The second-order valence-corrected chi connectivity index (χ2v) is 6.00. The third-order valence-corrected chi connectivity index (χ3v) is 4.65. The van der Waals surface area contributed by atoms with Crippen LogP contribution in [0.1, 0.15) is 23.0 Å². The van der Waals surface area contributed by atoms with Gasteiger partial charge in [0.05, 0.1) is 0 Å². The molecule has 2 aromatic rings. The van der Waals surface area contributed by atoms with Crippen LogP contribution in [0.25, 0.3) is 5.57 Å². The van der Waals surface area contributed by atoms with Crippen molar-refractivity contribution in [3.63, 3.8) is 0 Å². The molecule has 4 heteroatoms. The highest BCUT2D eigenvalue weighted by Gasteiger charge is 2.25. The average molecular weight is 299 g/mol. The molecule has 0 spiro atoms. The third kappa shape index (κ3) is 3.06. The largest absolute Gasteiger partial charge is 0.378 e. The predicted molar refractivity (Wildman–Crippen MR) is 84.9 cm³/mol. The van der Waals surface area contributed by atoms with Gasteiger partial charge in [-0.25, -0.2) is 0 Å². The van der Waals surface area contributed by atoms with E-state index in [2.05, 4.69) is 17.5 Å². The fourth-order valence-electron chi connectivity index (χ4n) is 2.51. The minimum atomic E-state index is -1.07. The Balaban J connectivity index is 1.68. The van der Waals surface area contributed by atoms with Crippen LogP contribution in [0.3, 0.4) is 0 Å². The molecule has 1 aliphatic rings. The number of nitrogens with zero attached hydrogens (tertiary/aromatic N) is 1. The van der Waals surface area contributed by atoms with Gasteiger partial charge in [0, 0.05) is 18.0 Å². The van der Waals surface area contributed by atoms with Gasteiger partial charge in [-0.15, -0.1) is 11.3 Å². The molecule has 1 aliphatic heterocycles. The smallest absolute Gasteiger partial charge is 0.256 e. The summed E-state index contributed by atoms with van der Waals surface area (Å²) < 4.78 is 0. The van der Waals surface area contributed by atoms with E-state index < -0.39 is 6.10 Å². The van der Waals surface area contributed by atoms with Crippen molar-refractivity contribution in [3.05, 3.63) is 64.4 Å². The summed E-state index contributed by atoms with van der Waals surface area (Å²) >= 11 is 1.72. The Morgan fingerprint density at radius 2 is 2.00 bits per heavy atom. The minimum Gasteiger partial charge on any atom is -0.378 e. The molecule has 0 saturated heterocycles. The lowest BCUT2D eigenvalue weighted by Crippen LogP contribution is -2.38. The lowest BCUT2D eigenvalue weighted by Gasteiger charge is -2.28. The zero-order chi connectivity index (χ0) is 14.7. The molecule has 0 radical (unpaired) electrons. The van der Waals surface area contributed by atoms with E-state index in [4.69, 9.17) is 0 Å². The summed E-state index contributed by atoms with van der Waals surface area (Å²) in [6, 6.07) is 13.2. The summed E-state index contributed by atoms with van der Waals surface area (Å²) in [4.78, 5) is 15.3. The average Bonchev–Trinajstić information content (AvgIpc) is 3.09. The Morgan fingerprint density at radius 3 is 2.62 bits per heavy atom. The number of benzene rings is 1. The van der Waals surface area contributed by atoms with Crippen LogP contribution >= 0.6 is 11.3 Å². The van der Waals surface area contributed by atoms with Gasteiger partial charge in [0.1, 0.15) is 0 Å². The highest BCUT2D eigenvalue weighted by molar-refractivity contribution is 7.11. The summed E-state index contributed by atoms with van der Waals surface area (Å²) in [6.45, 7) is 1.22. The number of rotatable bonds is 3. The first-order valence-electron chi connectivity index (χ1n) is 7.00. The Kier molecular flexibility index (Phi) is 4.18. The van der Waals surface area contributed by atoms with Gasteiger partial charge in [-0.2, -0.15) is 0 Å². The van der Waals surface area contributed by atoms with Crippen molar-refractivity contribution < 1.29 is 9.90 Å². The molecule has 3 nitrogen and oxygen atoms in total. The molecule has 1 aromatic heterocycles. The monoisotopic (exact) mass is 299 g/mol. The number of thiophene rings is 1. The Hall–Kier alpha value is -1.91. The van der Waals surface area contributed by atoms with E-state index in [-0.39, 0.29) is 5.91 Å². The highest BCUT2D eigenvalue weighted by atomic mass is 32.1. The van der Waals surface area contributed by atoms with Crippen molar-refractivity contribution >= 4 is 22.8 Å². The number of aliphatic hydroxyl groups is 1. The fraction of sp³-hybridized carbons (Fsp3) is 0.235. The van der Waals surface area contributed by atoms with E-state index in [1.807, 2.05) is 24.3 Å². The zero-order valence-corrected chi connectivity index (χ0v) is 12.4. The van der Waals surface area contributed by atoms with Crippen molar-refractivity contribution in [1.82, 2.24) is 4.90 Å². The minimum absolute atomic E-state index is 0.220. The van der Waals surface area contributed by atoms with Crippen LogP contribution in [0.2, 0.25) is 0 Å². The van der Waals surface area contributed by atoms with Crippen LogP contribution in [-0.2, 0) is 4.79 Å². The fourth-order valence-corrected chi connectivity index (χ4v) is 3.30. The standard InChI is InChI=1S/C17H17NO2S/c19-16(14-5-2-1-3-6-14)17(20)18-10-8-13(9-11-18)15-7-4-12-21-15/h1-8,12,16,19H,9-11H2. The number of carbonyl (C=O) groups excluding carboxylic acids is 1. The van der Waals surface area contributed by atoms with Crippen LogP contribution in [-0.4, -0.2) is 29.0 Å². The van der Waals surface area contributed by atoms with E-state index in [1.54, 1.807) is 28.4 Å². The number of carbonyl (C=O) groups is 1. The molecular formula is C17H17NO2S. The molecule has 1 N–H and O–H groups in total. The van der Waals surface area contributed by atoms with Gasteiger partial charge < -0.3 is 10.0 Å². The lowest BCUT2D eigenvalue weighted by molar-refractivity contribution is -0.140. The van der Waals surface area contributed by atoms with E-state index in [9.17, 15) is 9.90 Å². The van der Waals surface area contributed by atoms with Crippen LogP contribution in [0.15, 0.2) is 53.9 Å². The molecule has 0 fully saturated rings. The summed E-state index contributed by atoms with van der Waals surface area (Å²) in [5.41, 5.74) is 1.94. The number of aliphatic hydroxyl groups excluding tert-OH is 1. The van der Waals surface area contributed by atoms with Crippen LogP contribution in [0.5, 0.6) is 0 Å². The maximum absolute atomic E-state index is 12.3. The van der Waals surface area contributed by atoms with E-state index in [0.717, 1.165) is 6.42 Å². The first-order chi connectivity index (χ1) is 10.3. The Morgan fingerprint density at radius 1 is 1.19 bits per heavy atom. The zero-order valence-electron chi connectivity index (χ0n) is 11.6. The maximum atomic E-state index is 12.3. The van der Waals surface area contributed by atoms with Gasteiger partial charge in [0.2, 0.25) is 0 Å². The predicted octanol–water partition coefficient (Wildman–Crippen LogP) is 3.10. The molecule has 1 atom stereocenters. The summed E-state index contributed by atoms with van der Waals surface area (Å²) in [6.07, 6.45) is 1.86. The second kappa shape index (κ2) is 6.24. The molecule has 0 aliphatic carbocycles. The lowest BCUT2D eigenvalue weighted by atomic mass is 10.0. The maximum Gasteiger partial charge on any atom is 0.256 e. The third-order valence-electron chi connectivity index (χ3n) is 3.71. The molecular weight excluding hydrogens is 282 g/mol. The van der Waals surface area contributed by atoms with Gasteiger partial charge in [0.15, 0.2) is 6.10 Å². The number of hydrogen-bond acceptors (Lipinski definition) is 3. The van der Waals surface area contributed by atoms with Gasteiger partial charge >= 0.3 is 0 Å². The van der Waals surface area contributed by atoms with Crippen LogP contribution < -0.4 is 0 Å². The molecule has 1 amide bonds. The van der Waals surface area contributed by atoms with Gasteiger partial charge in [-0.3, -0.25) is 4.79 Å². The van der Waals surface area contributed by atoms with E-state index >= 15 is 0 Å². The molecule has 108 valence electrons. The molecule has 3 rings (SSSR count). The van der Waals surface area contributed by atoms with Gasteiger partial charge in [-0.05, 0) is 29.0 Å². The van der Waals surface area contributed by atoms with Crippen LogP contribution in [0, 0.1) is 0 Å². The summed E-state index contributed by atoms with van der Waals surface area (Å²) in [5, 5.41) is 12.2. The first kappa shape index (κ1) is 14.0. The van der Waals surface area contributed by atoms with Crippen molar-refractivity contribution in [3.8, 4) is 0 Å². The van der Waals surface area contributed by atoms with Crippen molar-refractivity contribution in [2.75, 3.05) is 13.1 Å². The van der Waals surface area contributed by atoms with Gasteiger partial charge in [0.25, 0.3) is 5.91 Å². The first-order valence-corrected chi connectivity index (χ1v) is 7.88. The van der Waals surface area contributed by atoms with Crippen molar-refractivity contribution in [1.29, 1.82) is 0 Å². The normalized spacial score (nSPS) is 16.4. The van der Waals surface area contributed by atoms with E-state index in [0.29, 0.717) is 18.7 Å². The van der Waals surface area contributed by atoms with Crippen molar-refractivity contribution in [2.24, 2.45) is 0 Å². The molecule has 1 unspecified atom stereocenters. The number of hydrogen-bond donors (Lipinski definition) is 1. The highest BCUT2D eigenvalue weighted by Crippen LogP contribution is 2.27. The van der Waals surface area contributed by atoms with Gasteiger partial charge in [-0.1, -0.05) is 42.5 Å². The Labute approximate surface area is 128 Å². The Bertz CT molecular complexity index is 634.